The van der Waals surface area contributed by atoms with Crippen molar-refractivity contribution in [3.8, 4) is 5.75 Å². The second-order valence-electron chi connectivity index (χ2n) is 7.20. The summed E-state index contributed by atoms with van der Waals surface area (Å²) in [4.78, 5) is 7.77. The minimum Gasteiger partial charge on any atom is -0.489 e. The molecule has 7 heteroatoms. The first-order chi connectivity index (χ1) is 14.2. The molecule has 1 aliphatic rings. The number of nitrogens with one attached hydrogen (secondary N) is 1. The van der Waals surface area contributed by atoms with Crippen LogP contribution in [0.2, 0.25) is 5.02 Å². The molecule has 1 aromatic heterocycles. The zero-order valence-corrected chi connectivity index (χ0v) is 18.6. The molecule has 2 aromatic carbocycles. The molecule has 29 heavy (non-hydrogen) atoms. The van der Waals surface area contributed by atoms with E-state index in [0.29, 0.717) is 11.1 Å². The highest BCUT2D eigenvalue weighted by molar-refractivity contribution is 8.00. The van der Waals surface area contributed by atoms with Gasteiger partial charge in [0.2, 0.25) is 0 Å². The normalized spacial score (nSPS) is 19.8. The fraction of sp³-hybridized carbons (Fsp3) is 0.318. The summed E-state index contributed by atoms with van der Waals surface area (Å²) in [6.45, 7) is 4.31. The number of hydrogen-bond donors (Lipinski definition) is 1. The quantitative estimate of drug-likeness (QED) is 0.429. The SMILES string of the molecule is CC1C[C@@H](Oc2ccc(SNc3nccs3)cc2Cl)CCN1Cc1ccccc1. The summed E-state index contributed by atoms with van der Waals surface area (Å²) in [6, 6.07) is 17.1. The zero-order chi connectivity index (χ0) is 20.1. The lowest BCUT2D eigenvalue weighted by atomic mass is 9.99. The van der Waals surface area contributed by atoms with Crippen molar-refractivity contribution in [3.05, 3.63) is 70.7 Å². The molecule has 4 rings (SSSR count). The van der Waals surface area contributed by atoms with Gasteiger partial charge in [-0.3, -0.25) is 4.90 Å². The number of halogens is 1. The predicted octanol–water partition coefficient (Wildman–Crippen LogP) is 6.35. The molecule has 0 radical (unpaired) electrons. The predicted molar refractivity (Wildman–Crippen MR) is 123 cm³/mol. The number of aromatic nitrogens is 1. The van der Waals surface area contributed by atoms with Gasteiger partial charge in [0.25, 0.3) is 0 Å². The van der Waals surface area contributed by atoms with Gasteiger partial charge >= 0.3 is 0 Å². The summed E-state index contributed by atoms with van der Waals surface area (Å²) in [5.41, 5.74) is 1.36. The molecule has 1 N–H and O–H groups in total. The Labute approximate surface area is 185 Å². The topological polar surface area (TPSA) is 37.4 Å². The van der Waals surface area contributed by atoms with Crippen LogP contribution >= 0.6 is 34.9 Å². The average molecular weight is 446 g/mol. The molecular formula is C22H24ClN3OS2. The lowest BCUT2D eigenvalue weighted by Crippen LogP contribution is -2.43. The number of thiazole rings is 1. The molecule has 4 nitrogen and oxygen atoms in total. The van der Waals surface area contributed by atoms with E-state index in [1.807, 2.05) is 23.6 Å². The molecule has 0 saturated carbocycles. The first-order valence-electron chi connectivity index (χ1n) is 9.74. The summed E-state index contributed by atoms with van der Waals surface area (Å²) in [7, 11) is 0. The van der Waals surface area contributed by atoms with Crippen LogP contribution in [-0.4, -0.2) is 28.6 Å². The van der Waals surface area contributed by atoms with Crippen LogP contribution in [0.15, 0.2) is 65.0 Å². The molecule has 3 aromatic rings. The van der Waals surface area contributed by atoms with Crippen molar-refractivity contribution < 1.29 is 4.74 Å². The molecule has 1 saturated heterocycles. The Morgan fingerprint density at radius 3 is 2.86 bits per heavy atom. The van der Waals surface area contributed by atoms with E-state index >= 15 is 0 Å². The Hall–Kier alpha value is -1.73. The number of anilines is 1. The highest BCUT2D eigenvalue weighted by Crippen LogP contribution is 2.33. The summed E-state index contributed by atoms with van der Waals surface area (Å²) in [6.07, 6.45) is 3.99. The third kappa shape index (κ3) is 5.66. The molecule has 0 spiro atoms. The second kappa shape index (κ2) is 9.85. The first-order valence-corrected chi connectivity index (χ1v) is 11.8. The lowest BCUT2D eigenvalue weighted by Gasteiger charge is -2.37. The summed E-state index contributed by atoms with van der Waals surface area (Å²) >= 11 is 9.56. The van der Waals surface area contributed by atoms with Crippen molar-refractivity contribution in [1.29, 1.82) is 0 Å². The minimum absolute atomic E-state index is 0.196. The second-order valence-corrected chi connectivity index (χ2v) is 9.38. The van der Waals surface area contributed by atoms with E-state index in [1.54, 1.807) is 17.5 Å². The fourth-order valence-electron chi connectivity index (χ4n) is 3.53. The maximum absolute atomic E-state index is 6.49. The fourth-order valence-corrected chi connectivity index (χ4v) is 5.08. The van der Waals surface area contributed by atoms with Gasteiger partial charge in [0, 0.05) is 35.6 Å². The van der Waals surface area contributed by atoms with Crippen LogP contribution in [-0.2, 0) is 6.54 Å². The van der Waals surface area contributed by atoms with Crippen LogP contribution in [0.1, 0.15) is 25.3 Å². The van der Waals surface area contributed by atoms with Crippen molar-refractivity contribution in [2.24, 2.45) is 0 Å². The molecule has 1 aliphatic heterocycles. The zero-order valence-electron chi connectivity index (χ0n) is 16.3. The van der Waals surface area contributed by atoms with Gasteiger partial charge < -0.3 is 9.46 Å². The summed E-state index contributed by atoms with van der Waals surface area (Å²) < 4.78 is 9.48. The van der Waals surface area contributed by atoms with Crippen molar-refractivity contribution in [2.45, 2.75) is 43.4 Å². The maximum atomic E-state index is 6.49. The van der Waals surface area contributed by atoms with Gasteiger partial charge in [-0.15, -0.1) is 11.3 Å². The van der Waals surface area contributed by atoms with E-state index in [-0.39, 0.29) is 6.10 Å². The third-order valence-corrected chi connectivity index (χ3v) is 6.98. The number of likely N-dealkylation sites (tertiary alicyclic amines) is 1. The van der Waals surface area contributed by atoms with E-state index in [1.165, 1.54) is 17.5 Å². The Morgan fingerprint density at radius 2 is 2.14 bits per heavy atom. The van der Waals surface area contributed by atoms with Gasteiger partial charge in [-0.25, -0.2) is 4.98 Å². The monoisotopic (exact) mass is 445 g/mol. The Morgan fingerprint density at radius 1 is 1.28 bits per heavy atom. The lowest BCUT2D eigenvalue weighted by molar-refractivity contribution is 0.0586. The van der Waals surface area contributed by atoms with E-state index in [4.69, 9.17) is 16.3 Å². The van der Waals surface area contributed by atoms with E-state index < -0.39 is 0 Å². The highest BCUT2D eigenvalue weighted by atomic mass is 35.5. The largest absolute Gasteiger partial charge is 0.489 e. The standard InChI is InChI=1S/C22H24ClN3OS2/c1-16-13-18(9-11-26(16)15-17-5-3-2-4-6-17)27-21-8-7-19(14-20(21)23)29-25-22-24-10-12-28-22/h2-8,10,12,14,16,18H,9,11,13,15H2,1H3,(H,24,25)/t16?,18-/m0/s1. The van der Waals surface area contributed by atoms with Crippen LogP contribution in [0.25, 0.3) is 0 Å². The Balaban J connectivity index is 1.30. The Kier molecular flexibility index (Phi) is 6.98. The van der Waals surface area contributed by atoms with Gasteiger partial charge in [0.1, 0.15) is 11.9 Å². The van der Waals surface area contributed by atoms with Crippen LogP contribution in [0, 0.1) is 0 Å². The summed E-state index contributed by atoms with van der Waals surface area (Å²) in [5.74, 6) is 0.763. The average Bonchev–Trinajstić information content (AvgIpc) is 3.25. The molecular weight excluding hydrogens is 422 g/mol. The molecule has 0 amide bonds. The number of rotatable bonds is 7. The molecule has 0 aliphatic carbocycles. The summed E-state index contributed by atoms with van der Waals surface area (Å²) in [5, 5.41) is 3.47. The van der Waals surface area contributed by atoms with Gasteiger partial charge in [-0.2, -0.15) is 0 Å². The van der Waals surface area contributed by atoms with E-state index in [2.05, 4.69) is 51.9 Å². The van der Waals surface area contributed by atoms with Gasteiger partial charge in [-0.1, -0.05) is 41.9 Å². The highest BCUT2D eigenvalue weighted by Gasteiger charge is 2.27. The van der Waals surface area contributed by atoms with Crippen molar-refractivity contribution >= 4 is 40.0 Å². The molecule has 2 heterocycles. The number of ether oxygens (including phenoxy) is 1. The van der Waals surface area contributed by atoms with E-state index in [9.17, 15) is 0 Å². The maximum Gasteiger partial charge on any atom is 0.192 e. The van der Waals surface area contributed by atoms with Gasteiger partial charge in [-0.05, 0) is 55.5 Å². The molecule has 1 fully saturated rings. The van der Waals surface area contributed by atoms with Crippen LogP contribution in [0.4, 0.5) is 5.13 Å². The number of nitrogens with zero attached hydrogens (tertiary/aromatic N) is 2. The van der Waals surface area contributed by atoms with Crippen LogP contribution in [0.3, 0.4) is 0 Å². The first kappa shape index (κ1) is 20.5. The number of hydrogen-bond acceptors (Lipinski definition) is 6. The number of benzene rings is 2. The van der Waals surface area contributed by atoms with Gasteiger partial charge in [0.15, 0.2) is 5.13 Å². The Bertz CT molecular complexity index is 908. The molecule has 1 unspecified atom stereocenters. The van der Waals surface area contributed by atoms with Crippen molar-refractivity contribution in [3.63, 3.8) is 0 Å². The smallest absolute Gasteiger partial charge is 0.192 e. The van der Waals surface area contributed by atoms with Crippen LogP contribution in [0.5, 0.6) is 5.75 Å². The van der Waals surface area contributed by atoms with Crippen LogP contribution < -0.4 is 9.46 Å². The molecule has 0 bridgehead atoms. The van der Waals surface area contributed by atoms with Crippen molar-refractivity contribution in [1.82, 2.24) is 9.88 Å². The number of piperidine rings is 1. The molecule has 152 valence electrons. The van der Waals surface area contributed by atoms with Gasteiger partial charge in [0.05, 0.1) is 5.02 Å². The van der Waals surface area contributed by atoms with E-state index in [0.717, 1.165) is 41.7 Å². The van der Waals surface area contributed by atoms with Crippen molar-refractivity contribution in [2.75, 3.05) is 11.3 Å². The molecule has 2 atom stereocenters. The third-order valence-electron chi connectivity index (χ3n) is 5.08. The minimum atomic E-state index is 0.196.